The van der Waals surface area contributed by atoms with E-state index in [9.17, 15) is 24.4 Å². The van der Waals surface area contributed by atoms with Gasteiger partial charge < -0.3 is 0 Å². The summed E-state index contributed by atoms with van der Waals surface area (Å²) in [5.74, 6) is 0.139. The smallest absolute Gasteiger partial charge is 0.258 e. The third-order valence-electron chi connectivity index (χ3n) is 2.32. The summed E-state index contributed by atoms with van der Waals surface area (Å²) in [5.41, 5.74) is -1.15. The highest BCUT2D eigenvalue weighted by Gasteiger charge is 2.30. The first-order chi connectivity index (χ1) is 8.88. The molecule has 0 aliphatic rings. The molecule has 19 heavy (non-hydrogen) atoms. The lowest BCUT2D eigenvalue weighted by Crippen LogP contribution is -2.06. The second-order valence-corrected chi connectivity index (χ2v) is 5.63. The summed E-state index contributed by atoms with van der Waals surface area (Å²) in [4.78, 5) is 19.9. The van der Waals surface area contributed by atoms with Crippen LogP contribution in [0.1, 0.15) is 19.8 Å². The van der Waals surface area contributed by atoms with Crippen LogP contribution in [0.5, 0.6) is 0 Å². The average Bonchev–Trinajstić information content (AvgIpc) is 2.34. The molecule has 1 rings (SSSR count). The molecule has 0 aromatic heterocycles. The van der Waals surface area contributed by atoms with Crippen LogP contribution in [0.2, 0.25) is 5.02 Å². The number of hydrogen-bond donors (Lipinski definition) is 0. The molecule has 1 aromatic carbocycles. The average molecular weight is 307 g/mol. The van der Waals surface area contributed by atoms with E-state index in [2.05, 4.69) is 0 Å². The number of nitrogens with zero attached hydrogens (tertiary/aromatic N) is 2. The monoisotopic (exact) mass is 306 g/mol. The van der Waals surface area contributed by atoms with Gasteiger partial charge in [-0.15, -0.1) is 0 Å². The predicted octanol–water partition coefficient (Wildman–Crippen LogP) is 3.06. The summed E-state index contributed by atoms with van der Waals surface area (Å²) >= 11 is 5.61. The Labute approximate surface area is 116 Å². The van der Waals surface area contributed by atoms with Crippen molar-refractivity contribution in [3.8, 4) is 0 Å². The van der Waals surface area contributed by atoms with Crippen LogP contribution in [0.3, 0.4) is 0 Å². The molecule has 0 saturated heterocycles. The van der Waals surface area contributed by atoms with E-state index in [4.69, 9.17) is 11.6 Å². The molecule has 1 unspecified atom stereocenters. The van der Waals surface area contributed by atoms with Crippen LogP contribution >= 0.6 is 11.6 Å². The fourth-order valence-corrected chi connectivity index (χ4v) is 3.14. The Hall–Kier alpha value is -1.54. The van der Waals surface area contributed by atoms with Gasteiger partial charge in [0.25, 0.3) is 11.4 Å². The Balaban J connectivity index is 3.43. The molecule has 0 amide bonds. The van der Waals surface area contributed by atoms with Crippen molar-refractivity contribution in [3.05, 3.63) is 37.4 Å². The zero-order valence-electron chi connectivity index (χ0n) is 10.00. The quantitative estimate of drug-likeness (QED) is 0.593. The van der Waals surface area contributed by atoms with E-state index in [0.29, 0.717) is 6.42 Å². The highest BCUT2D eigenvalue weighted by atomic mass is 35.5. The first kappa shape index (κ1) is 15.5. The number of unbranched alkanes of at least 4 members (excludes halogenated alkanes) is 1. The van der Waals surface area contributed by atoms with Gasteiger partial charge in [-0.3, -0.25) is 24.4 Å². The van der Waals surface area contributed by atoms with E-state index in [1.165, 1.54) is 0 Å². The topological polar surface area (TPSA) is 103 Å². The number of nitro benzene ring substituents is 2. The van der Waals surface area contributed by atoms with Gasteiger partial charge in [0, 0.05) is 17.9 Å². The molecular formula is C10H11ClN2O5S. The van der Waals surface area contributed by atoms with Gasteiger partial charge in [0.1, 0.15) is 0 Å². The van der Waals surface area contributed by atoms with E-state index in [-0.39, 0.29) is 15.7 Å². The summed E-state index contributed by atoms with van der Waals surface area (Å²) in [5, 5.41) is 21.7. The Morgan fingerprint density at radius 2 is 1.68 bits per heavy atom. The van der Waals surface area contributed by atoms with E-state index >= 15 is 0 Å². The maximum atomic E-state index is 12.0. The Kier molecular flexibility index (Phi) is 5.37. The van der Waals surface area contributed by atoms with Crippen molar-refractivity contribution < 1.29 is 14.1 Å². The molecule has 9 heteroatoms. The Bertz CT molecular complexity index is 514. The number of nitro groups is 2. The van der Waals surface area contributed by atoms with Crippen molar-refractivity contribution in [2.45, 2.75) is 24.7 Å². The molecule has 0 bridgehead atoms. The molecule has 7 nitrogen and oxygen atoms in total. The van der Waals surface area contributed by atoms with Gasteiger partial charge in [-0.05, 0) is 6.42 Å². The predicted molar refractivity (Wildman–Crippen MR) is 70.9 cm³/mol. The first-order valence-electron chi connectivity index (χ1n) is 5.39. The standard InChI is InChI=1S/C10H11ClN2O5S/c1-2-3-4-19(18)10-8(12(14)15)5-7(11)6-9(10)13(16)17/h5-6H,2-4H2,1H3. The molecule has 1 aromatic rings. The molecule has 104 valence electrons. The van der Waals surface area contributed by atoms with Crippen LogP contribution in [0, 0.1) is 20.2 Å². The zero-order valence-corrected chi connectivity index (χ0v) is 11.6. The van der Waals surface area contributed by atoms with Crippen molar-refractivity contribution in [1.82, 2.24) is 0 Å². The summed E-state index contributed by atoms with van der Waals surface area (Å²) in [6.07, 6.45) is 1.30. The number of halogens is 1. The van der Waals surface area contributed by atoms with E-state index < -0.39 is 32.0 Å². The molecule has 0 aliphatic carbocycles. The zero-order chi connectivity index (χ0) is 14.6. The highest BCUT2D eigenvalue weighted by molar-refractivity contribution is 7.85. The second kappa shape index (κ2) is 6.58. The summed E-state index contributed by atoms with van der Waals surface area (Å²) in [6, 6.07) is 1.96. The number of hydrogen-bond acceptors (Lipinski definition) is 5. The maximum absolute atomic E-state index is 12.0. The van der Waals surface area contributed by atoms with Crippen LogP contribution in [-0.4, -0.2) is 19.8 Å². The molecule has 0 fully saturated rings. The summed E-state index contributed by atoms with van der Waals surface area (Å²) in [6.45, 7) is 1.86. The lowest BCUT2D eigenvalue weighted by atomic mass is 10.3. The van der Waals surface area contributed by atoms with Gasteiger partial charge in [-0.2, -0.15) is 0 Å². The number of benzene rings is 1. The molecule has 0 radical (unpaired) electrons. The molecule has 0 spiro atoms. The minimum absolute atomic E-state index is 0.130. The largest absolute Gasteiger partial charge is 0.293 e. The van der Waals surface area contributed by atoms with Crippen LogP contribution in [-0.2, 0) is 10.8 Å². The van der Waals surface area contributed by atoms with Crippen molar-refractivity contribution in [2.75, 3.05) is 5.75 Å². The van der Waals surface area contributed by atoms with Gasteiger partial charge in [0.05, 0.1) is 25.7 Å². The van der Waals surface area contributed by atoms with E-state index in [1.807, 2.05) is 6.92 Å². The summed E-state index contributed by atoms with van der Waals surface area (Å²) < 4.78 is 12.0. The van der Waals surface area contributed by atoms with Crippen molar-refractivity contribution in [3.63, 3.8) is 0 Å². The normalized spacial score (nSPS) is 12.1. The molecular weight excluding hydrogens is 296 g/mol. The van der Waals surface area contributed by atoms with Crippen molar-refractivity contribution >= 4 is 33.8 Å². The first-order valence-corrected chi connectivity index (χ1v) is 7.08. The van der Waals surface area contributed by atoms with Gasteiger partial charge in [0.2, 0.25) is 0 Å². The molecule has 0 saturated carbocycles. The van der Waals surface area contributed by atoms with E-state index in [0.717, 1.165) is 18.6 Å². The lowest BCUT2D eigenvalue weighted by molar-refractivity contribution is -0.399. The third kappa shape index (κ3) is 3.71. The highest BCUT2D eigenvalue weighted by Crippen LogP contribution is 2.35. The van der Waals surface area contributed by atoms with Gasteiger partial charge in [-0.1, -0.05) is 24.9 Å². The second-order valence-electron chi connectivity index (χ2n) is 3.69. The van der Waals surface area contributed by atoms with E-state index in [1.54, 1.807) is 0 Å². The van der Waals surface area contributed by atoms with Crippen LogP contribution in [0.15, 0.2) is 17.0 Å². The molecule has 0 heterocycles. The van der Waals surface area contributed by atoms with Gasteiger partial charge >= 0.3 is 0 Å². The third-order valence-corrected chi connectivity index (χ3v) is 4.07. The Morgan fingerprint density at radius 3 is 2.05 bits per heavy atom. The maximum Gasteiger partial charge on any atom is 0.293 e. The van der Waals surface area contributed by atoms with Crippen LogP contribution in [0.4, 0.5) is 11.4 Å². The Morgan fingerprint density at radius 1 is 1.21 bits per heavy atom. The van der Waals surface area contributed by atoms with Crippen LogP contribution < -0.4 is 0 Å². The lowest BCUT2D eigenvalue weighted by Gasteiger charge is -2.04. The fourth-order valence-electron chi connectivity index (χ4n) is 1.45. The minimum atomic E-state index is -1.80. The molecule has 0 aliphatic heterocycles. The van der Waals surface area contributed by atoms with Crippen LogP contribution in [0.25, 0.3) is 0 Å². The minimum Gasteiger partial charge on any atom is -0.258 e. The van der Waals surface area contributed by atoms with Gasteiger partial charge in [0.15, 0.2) is 4.90 Å². The summed E-state index contributed by atoms with van der Waals surface area (Å²) in [7, 11) is -1.80. The van der Waals surface area contributed by atoms with Crippen molar-refractivity contribution in [2.24, 2.45) is 0 Å². The fraction of sp³-hybridized carbons (Fsp3) is 0.400. The molecule has 0 N–H and O–H groups in total. The van der Waals surface area contributed by atoms with Gasteiger partial charge in [-0.25, -0.2) is 0 Å². The number of rotatable bonds is 6. The van der Waals surface area contributed by atoms with Crippen molar-refractivity contribution in [1.29, 1.82) is 0 Å². The SMILES string of the molecule is CCCCS(=O)c1c([N+](=O)[O-])cc(Cl)cc1[N+](=O)[O-]. The molecule has 1 atom stereocenters.